The molecular formula is C18H28ClNO. The van der Waals surface area contributed by atoms with Crippen molar-refractivity contribution in [3.05, 3.63) is 28.3 Å². The van der Waals surface area contributed by atoms with Crippen molar-refractivity contribution in [3.8, 4) is 5.75 Å². The van der Waals surface area contributed by atoms with E-state index >= 15 is 0 Å². The smallest absolute Gasteiger partial charge is 0.125 e. The molecule has 1 aliphatic heterocycles. The van der Waals surface area contributed by atoms with Gasteiger partial charge in [-0.25, -0.2) is 0 Å². The third kappa shape index (κ3) is 4.89. The van der Waals surface area contributed by atoms with Crippen molar-refractivity contribution in [1.29, 1.82) is 0 Å². The van der Waals surface area contributed by atoms with Crippen LogP contribution in [0.3, 0.4) is 0 Å². The third-order valence-electron chi connectivity index (χ3n) is 3.95. The number of benzene rings is 1. The minimum Gasteiger partial charge on any atom is -0.493 e. The average molecular weight is 310 g/mol. The molecule has 21 heavy (non-hydrogen) atoms. The maximum absolute atomic E-state index is 6.27. The summed E-state index contributed by atoms with van der Waals surface area (Å²) in [6, 6.07) is 4.67. The molecule has 0 aliphatic carbocycles. The molecule has 1 aromatic rings. The molecule has 0 saturated heterocycles. The second-order valence-electron chi connectivity index (χ2n) is 6.91. The van der Waals surface area contributed by atoms with Crippen molar-refractivity contribution in [2.24, 2.45) is 11.8 Å². The lowest BCUT2D eigenvalue weighted by Crippen LogP contribution is -2.30. The molecular weight excluding hydrogens is 282 g/mol. The summed E-state index contributed by atoms with van der Waals surface area (Å²) in [7, 11) is 0. The average Bonchev–Trinajstić information content (AvgIpc) is 2.83. The monoisotopic (exact) mass is 309 g/mol. The Morgan fingerprint density at radius 2 is 2.00 bits per heavy atom. The van der Waals surface area contributed by atoms with Gasteiger partial charge >= 0.3 is 0 Å². The molecule has 0 spiro atoms. The van der Waals surface area contributed by atoms with E-state index in [2.05, 4.69) is 45.1 Å². The van der Waals surface area contributed by atoms with Crippen molar-refractivity contribution in [3.63, 3.8) is 0 Å². The molecule has 1 aliphatic rings. The number of ether oxygens (including phenoxy) is 1. The van der Waals surface area contributed by atoms with E-state index in [1.165, 1.54) is 17.5 Å². The number of fused-ring (bicyclic) bond motifs is 1. The predicted molar refractivity (Wildman–Crippen MR) is 90.4 cm³/mol. The van der Waals surface area contributed by atoms with E-state index in [-0.39, 0.29) is 0 Å². The maximum atomic E-state index is 6.27. The first-order valence-corrected chi connectivity index (χ1v) is 8.51. The highest BCUT2D eigenvalue weighted by Crippen LogP contribution is 2.35. The lowest BCUT2D eigenvalue weighted by molar-refractivity contribution is 0.341. The fourth-order valence-corrected chi connectivity index (χ4v) is 3.38. The number of halogens is 1. The Kier molecular flexibility index (Phi) is 5.95. The van der Waals surface area contributed by atoms with Crippen LogP contribution in [0.2, 0.25) is 5.02 Å². The number of hydrogen-bond acceptors (Lipinski definition) is 2. The van der Waals surface area contributed by atoms with Crippen LogP contribution in [0.5, 0.6) is 5.75 Å². The van der Waals surface area contributed by atoms with Gasteiger partial charge in [0.15, 0.2) is 0 Å². The largest absolute Gasteiger partial charge is 0.493 e. The second kappa shape index (κ2) is 7.51. The summed E-state index contributed by atoms with van der Waals surface area (Å²) in [6.45, 7) is 10.8. The van der Waals surface area contributed by atoms with Crippen molar-refractivity contribution in [1.82, 2.24) is 5.32 Å². The molecule has 3 heteroatoms. The Morgan fingerprint density at radius 3 is 2.67 bits per heavy atom. The number of nitrogens with one attached hydrogen (secondary N) is 1. The molecule has 0 aromatic heterocycles. The van der Waals surface area contributed by atoms with Crippen molar-refractivity contribution in [2.45, 2.75) is 53.0 Å². The predicted octanol–water partition coefficient (Wildman–Crippen LogP) is 4.48. The van der Waals surface area contributed by atoms with E-state index in [1.54, 1.807) is 0 Å². The lowest BCUT2D eigenvalue weighted by Gasteiger charge is -2.22. The Morgan fingerprint density at radius 1 is 1.24 bits per heavy atom. The van der Waals surface area contributed by atoms with E-state index in [1.807, 2.05) is 0 Å². The molecule has 1 N–H and O–H groups in total. The molecule has 0 bridgehead atoms. The van der Waals surface area contributed by atoms with Crippen LogP contribution in [0.1, 0.15) is 45.2 Å². The summed E-state index contributed by atoms with van der Waals surface area (Å²) in [5.74, 6) is 2.42. The Balaban J connectivity index is 2.12. The highest BCUT2D eigenvalue weighted by atomic mass is 35.5. The summed E-state index contributed by atoms with van der Waals surface area (Å²) in [6.07, 6.45) is 3.25. The van der Waals surface area contributed by atoms with Gasteiger partial charge in [0.1, 0.15) is 5.75 Å². The lowest BCUT2D eigenvalue weighted by atomic mass is 9.89. The first-order chi connectivity index (χ1) is 9.95. The minimum absolute atomic E-state index is 0.529. The molecule has 1 heterocycles. The van der Waals surface area contributed by atoms with Crippen LogP contribution in [0, 0.1) is 11.8 Å². The van der Waals surface area contributed by atoms with Gasteiger partial charge in [0.2, 0.25) is 0 Å². The summed E-state index contributed by atoms with van der Waals surface area (Å²) >= 11 is 6.27. The molecule has 0 amide bonds. The summed E-state index contributed by atoms with van der Waals surface area (Å²) in [5.41, 5.74) is 2.56. The van der Waals surface area contributed by atoms with Crippen LogP contribution < -0.4 is 10.1 Å². The fraction of sp³-hybridized carbons (Fsp3) is 0.667. The quantitative estimate of drug-likeness (QED) is 0.802. The molecule has 2 rings (SSSR count). The zero-order valence-electron chi connectivity index (χ0n) is 13.7. The van der Waals surface area contributed by atoms with Gasteiger partial charge in [0, 0.05) is 17.5 Å². The van der Waals surface area contributed by atoms with Gasteiger partial charge < -0.3 is 10.1 Å². The van der Waals surface area contributed by atoms with Crippen LogP contribution >= 0.6 is 11.6 Å². The first kappa shape index (κ1) is 16.6. The van der Waals surface area contributed by atoms with Gasteiger partial charge in [-0.1, -0.05) is 39.3 Å². The maximum Gasteiger partial charge on any atom is 0.125 e. The molecule has 118 valence electrons. The van der Waals surface area contributed by atoms with Crippen LogP contribution in [0.15, 0.2) is 12.1 Å². The van der Waals surface area contributed by atoms with Crippen molar-refractivity contribution in [2.75, 3.05) is 13.2 Å². The summed E-state index contributed by atoms with van der Waals surface area (Å²) in [5, 5.41) is 4.42. The number of rotatable bonds is 7. The fourth-order valence-electron chi connectivity index (χ4n) is 3.12. The third-order valence-corrected chi connectivity index (χ3v) is 4.17. The van der Waals surface area contributed by atoms with Gasteiger partial charge in [-0.05, 0) is 54.5 Å². The molecule has 1 unspecified atom stereocenters. The Labute approximate surface area is 134 Å². The highest BCUT2D eigenvalue weighted by molar-refractivity contribution is 6.30. The second-order valence-corrected chi connectivity index (χ2v) is 7.35. The van der Waals surface area contributed by atoms with E-state index in [0.29, 0.717) is 17.9 Å². The van der Waals surface area contributed by atoms with Gasteiger partial charge in [-0.15, -0.1) is 0 Å². The molecule has 1 atom stereocenters. The van der Waals surface area contributed by atoms with Gasteiger partial charge in [0.05, 0.1) is 6.61 Å². The highest BCUT2D eigenvalue weighted by Gasteiger charge is 2.21. The zero-order chi connectivity index (χ0) is 15.4. The molecule has 0 radical (unpaired) electrons. The van der Waals surface area contributed by atoms with Crippen LogP contribution in [-0.4, -0.2) is 19.2 Å². The summed E-state index contributed by atoms with van der Waals surface area (Å²) < 4.78 is 5.84. The molecule has 0 saturated carbocycles. The van der Waals surface area contributed by atoms with E-state index in [4.69, 9.17) is 16.3 Å². The van der Waals surface area contributed by atoms with Crippen LogP contribution in [0.4, 0.5) is 0 Å². The Hall–Kier alpha value is -0.730. The molecule has 2 nitrogen and oxygen atoms in total. The molecule has 1 aromatic carbocycles. The zero-order valence-corrected chi connectivity index (χ0v) is 14.5. The van der Waals surface area contributed by atoms with Gasteiger partial charge in [0.25, 0.3) is 0 Å². The topological polar surface area (TPSA) is 21.3 Å². The standard InChI is InChI=1S/C18H28ClNO/c1-12(2)7-14(11-20-13(3)4)8-16-10-17(19)9-15-5-6-21-18(15)16/h9-10,12-14,20H,5-8,11H2,1-4H3. The van der Waals surface area contributed by atoms with Crippen molar-refractivity contribution < 1.29 is 4.74 Å². The Bertz CT molecular complexity index is 471. The van der Waals surface area contributed by atoms with Gasteiger partial charge in [-0.2, -0.15) is 0 Å². The van der Waals surface area contributed by atoms with E-state index in [0.717, 1.165) is 36.8 Å². The van der Waals surface area contributed by atoms with E-state index < -0.39 is 0 Å². The number of hydrogen-bond donors (Lipinski definition) is 1. The first-order valence-electron chi connectivity index (χ1n) is 8.13. The summed E-state index contributed by atoms with van der Waals surface area (Å²) in [4.78, 5) is 0. The van der Waals surface area contributed by atoms with Crippen molar-refractivity contribution >= 4 is 11.6 Å². The minimum atomic E-state index is 0.529. The SMILES string of the molecule is CC(C)CC(CNC(C)C)Cc1cc(Cl)cc2c1OCC2. The van der Waals surface area contributed by atoms with Crippen LogP contribution in [-0.2, 0) is 12.8 Å². The van der Waals surface area contributed by atoms with Crippen LogP contribution in [0.25, 0.3) is 0 Å². The van der Waals surface area contributed by atoms with Gasteiger partial charge in [-0.3, -0.25) is 0 Å². The normalized spacial score (nSPS) is 15.4. The van der Waals surface area contributed by atoms with E-state index in [9.17, 15) is 0 Å². The molecule has 0 fully saturated rings.